The van der Waals surface area contributed by atoms with E-state index >= 15 is 0 Å². The predicted molar refractivity (Wildman–Crippen MR) is 143 cm³/mol. The number of carboxylic acids is 1. The first-order valence-corrected chi connectivity index (χ1v) is 12.4. The molecule has 4 aromatic carbocycles. The van der Waals surface area contributed by atoms with Gasteiger partial charge >= 0.3 is 5.97 Å². The van der Waals surface area contributed by atoms with Crippen molar-refractivity contribution in [1.29, 1.82) is 0 Å². The van der Waals surface area contributed by atoms with Crippen molar-refractivity contribution in [2.75, 3.05) is 27.9 Å². The van der Waals surface area contributed by atoms with Gasteiger partial charge in [0.15, 0.2) is 11.5 Å². The Labute approximate surface area is 215 Å². The number of aromatic hydroxyl groups is 1. The summed E-state index contributed by atoms with van der Waals surface area (Å²) >= 11 is 0. The fourth-order valence-electron chi connectivity index (χ4n) is 5.65. The number of carboxylic acid groups (broad SMARTS) is 1. The molecule has 0 unspecified atom stereocenters. The van der Waals surface area contributed by atoms with Gasteiger partial charge in [-0.05, 0) is 94.9 Å². The van der Waals surface area contributed by atoms with E-state index < -0.39 is 5.97 Å². The molecule has 4 aromatic rings. The first-order valence-electron chi connectivity index (χ1n) is 12.4. The van der Waals surface area contributed by atoms with Crippen LogP contribution < -0.4 is 14.2 Å². The molecule has 0 amide bonds. The molecule has 1 saturated heterocycles. The number of rotatable bonds is 4. The van der Waals surface area contributed by atoms with Gasteiger partial charge in [0.2, 0.25) is 0 Å². The number of phenols is 1. The fraction of sp³-hybridized carbons (Fsp3) is 0.300. The minimum absolute atomic E-state index is 0.0671. The molecular formula is C30H31NO6. The van der Waals surface area contributed by atoms with Gasteiger partial charge in [-0.2, -0.15) is 0 Å². The van der Waals surface area contributed by atoms with E-state index in [-0.39, 0.29) is 11.3 Å². The van der Waals surface area contributed by atoms with Crippen LogP contribution in [-0.4, -0.2) is 55.0 Å². The zero-order chi connectivity index (χ0) is 26.1. The maximum atomic E-state index is 10.3. The van der Waals surface area contributed by atoms with Crippen LogP contribution in [0.1, 0.15) is 34.3 Å². The number of fused-ring (bicyclic) bond motifs is 7. The van der Waals surface area contributed by atoms with E-state index in [9.17, 15) is 4.79 Å². The summed E-state index contributed by atoms with van der Waals surface area (Å²) in [6, 6.07) is 17.2. The monoisotopic (exact) mass is 501 g/mol. The van der Waals surface area contributed by atoms with Gasteiger partial charge in [0.05, 0.1) is 21.3 Å². The molecule has 0 aliphatic carbocycles. The molecule has 6 rings (SSSR count). The number of aromatic carboxylic acids is 1. The van der Waals surface area contributed by atoms with Crippen molar-refractivity contribution in [3.05, 3.63) is 71.3 Å². The minimum atomic E-state index is -1.11. The molecule has 7 nitrogen and oxygen atoms in total. The largest absolute Gasteiger partial charge is 0.507 e. The number of nitrogens with zero attached hydrogens (tertiary/aromatic N) is 1. The lowest BCUT2D eigenvalue weighted by atomic mass is 9.85. The quantitative estimate of drug-likeness (QED) is 0.350. The number of hydrogen-bond acceptors (Lipinski definition) is 6. The molecule has 2 aliphatic rings. The second-order valence-corrected chi connectivity index (χ2v) is 9.41. The van der Waals surface area contributed by atoms with Crippen LogP contribution in [0.5, 0.6) is 23.0 Å². The van der Waals surface area contributed by atoms with Crippen molar-refractivity contribution in [3.8, 4) is 23.0 Å². The third kappa shape index (κ3) is 4.51. The third-order valence-corrected chi connectivity index (χ3v) is 7.49. The molecule has 0 bridgehead atoms. The Bertz CT molecular complexity index is 1480. The molecule has 0 aromatic heterocycles. The average molecular weight is 502 g/mol. The van der Waals surface area contributed by atoms with Gasteiger partial charge in [-0.3, -0.25) is 4.90 Å². The van der Waals surface area contributed by atoms with Gasteiger partial charge in [0.1, 0.15) is 17.1 Å². The van der Waals surface area contributed by atoms with Gasteiger partial charge < -0.3 is 24.4 Å². The first-order chi connectivity index (χ1) is 17.9. The van der Waals surface area contributed by atoms with Crippen molar-refractivity contribution in [2.24, 2.45) is 0 Å². The van der Waals surface area contributed by atoms with E-state index in [4.69, 9.17) is 24.4 Å². The van der Waals surface area contributed by atoms with Crippen LogP contribution in [0.15, 0.2) is 54.6 Å². The van der Waals surface area contributed by atoms with Crippen molar-refractivity contribution >= 4 is 27.5 Å². The Morgan fingerprint density at radius 2 is 1.57 bits per heavy atom. The summed E-state index contributed by atoms with van der Waals surface area (Å²) in [5.74, 6) is 1.13. The lowest BCUT2D eigenvalue weighted by Crippen LogP contribution is -2.35. The van der Waals surface area contributed by atoms with E-state index in [0.29, 0.717) is 6.04 Å². The summed E-state index contributed by atoms with van der Waals surface area (Å²) in [6.45, 7) is 2.23. The smallest absolute Gasteiger partial charge is 0.339 e. The molecular weight excluding hydrogens is 470 g/mol. The van der Waals surface area contributed by atoms with Crippen LogP contribution in [0, 0.1) is 0 Å². The van der Waals surface area contributed by atoms with Crippen molar-refractivity contribution in [2.45, 2.75) is 31.8 Å². The van der Waals surface area contributed by atoms with Gasteiger partial charge in [-0.1, -0.05) is 18.2 Å². The zero-order valence-electron chi connectivity index (χ0n) is 21.3. The SMILES string of the molecule is COc1ccc2c3c(c4cc(OC)c(OC)cc4c2c1)CN1CCC[C@H]1C3.O=C(O)c1ccccc1O. The fourth-order valence-corrected chi connectivity index (χ4v) is 5.65. The zero-order valence-corrected chi connectivity index (χ0v) is 21.3. The van der Waals surface area contributed by atoms with E-state index in [1.165, 1.54) is 64.2 Å². The normalized spacial score (nSPS) is 16.5. The molecule has 37 heavy (non-hydrogen) atoms. The number of ether oxygens (including phenoxy) is 3. The number of benzene rings is 4. The highest BCUT2D eigenvalue weighted by Gasteiger charge is 2.32. The third-order valence-electron chi connectivity index (χ3n) is 7.49. The van der Waals surface area contributed by atoms with Crippen LogP contribution in [0.4, 0.5) is 0 Å². The maximum absolute atomic E-state index is 10.3. The van der Waals surface area contributed by atoms with E-state index in [0.717, 1.165) is 30.2 Å². The number of hydrogen-bond donors (Lipinski definition) is 2. The number of methoxy groups -OCH3 is 3. The van der Waals surface area contributed by atoms with Crippen molar-refractivity contribution in [3.63, 3.8) is 0 Å². The van der Waals surface area contributed by atoms with E-state index in [2.05, 4.69) is 35.2 Å². The molecule has 2 aliphatic heterocycles. The highest BCUT2D eigenvalue weighted by atomic mass is 16.5. The highest BCUT2D eigenvalue weighted by molar-refractivity contribution is 6.12. The van der Waals surface area contributed by atoms with Gasteiger partial charge in [-0.25, -0.2) is 4.79 Å². The topological polar surface area (TPSA) is 88.5 Å². The minimum Gasteiger partial charge on any atom is -0.507 e. The first kappa shape index (κ1) is 24.7. The highest BCUT2D eigenvalue weighted by Crippen LogP contribution is 2.44. The average Bonchev–Trinajstić information content (AvgIpc) is 3.39. The Kier molecular flexibility index (Phi) is 6.80. The van der Waals surface area contributed by atoms with Crippen LogP contribution in [0.2, 0.25) is 0 Å². The Morgan fingerprint density at radius 1 is 0.865 bits per heavy atom. The standard InChI is InChI=1S/C23H25NO3.C7H6O3/c1-25-15-6-7-16-17-9-14-5-4-8-24(14)13-21(17)20-12-23(27-3)22(26-2)11-19(20)18(16)10-15;8-6-4-2-1-3-5(6)7(9)10/h6-7,10-12,14H,4-5,8-9,13H2,1-3H3;1-4,8H,(H,9,10)/t14-;/m0./s1. The van der Waals surface area contributed by atoms with Crippen LogP contribution in [0.25, 0.3) is 21.5 Å². The summed E-state index contributed by atoms with van der Waals surface area (Å²) in [7, 11) is 5.12. The molecule has 0 radical (unpaired) electrons. The molecule has 0 spiro atoms. The number of para-hydroxylation sites is 1. The summed E-state index contributed by atoms with van der Waals surface area (Å²) in [6.07, 6.45) is 3.74. The van der Waals surface area contributed by atoms with Crippen molar-refractivity contribution < 1.29 is 29.2 Å². The molecule has 0 saturated carbocycles. The van der Waals surface area contributed by atoms with Crippen LogP contribution in [0.3, 0.4) is 0 Å². The molecule has 7 heteroatoms. The Balaban J connectivity index is 0.000000237. The molecule has 2 N–H and O–H groups in total. The second kappa shape index (κ2) is 10.2. The predicted octanol–water partition coefficient (Wildman–Crippen LogP) is 5.63. The van der Waals surface area contributed by atoms with Crippen molar-refractivity contribution in [1.82, 2.24) is 4.90 Å². The van der Waals surface area contributed by atoms with Crippen LogP contribution in [-0.2, 0) is 13.0 Å². The van der Waals surface area contributed by atoms with E-state index in [1.54, 1.807) is 33.5 Å². The Morgan fingerprint density at radius 3 is 2.22 bits per heavy atom. The molecule has 1 atom stereocenters. The summed E-state index contributed by atoms with van der Waals surface area (Å²) in [4.78, 5) is 12.9. The van der Waals surface area contributed by atoms with Gasteiger partial charge in [0, 0.05) is 12.6 Å². The molecule has 2 heterocycles. The van der Waals surface area contributed by atoms with E-state index in [1.807, 2.05) is 0 Å². The van der Waals surface area contributed by atoms with Gasteiger partial charge in [0.25, 0.3) is 0 Å². The van der Waals surface area contributed by atoms with Gasteiger partial charge in [-0.15, -0.1) is 0 Å². The summed E-state index contributed by atoms with van der Waals surface area (Å²) < 4.78 is 16.7. The Hall–Kier alpha value is -3.97. The van der Waals surface area contributed by atoms with Crippen LogP contribution >= 0.6 is 0 Å². The lowest BCUT2D eigenvalue weighted by molar-refractivity contribution is 0.0693. The second-order valence-electron chi connectivity index (χ2n) is 9.41. The lowest BCUT2D eigenvalue weighted by Gasteiger charge is -2.33. The summed E-state index contributed by atoms with van der Waals surface area (Å²) in [5.41, 5.74) is 2.87. The number of carbonyl (C=O) groups is 1. The maximum Gasteiger partial charge on any atom is 0.339 e. The summed E-state index contributed by atoms with van der Waals surface area (Å²) in [5, 5.41) is 22.4. The molecule has 1 fully saturated rings. The molecule has 192 valence electrons.